The van der Waals surface area contributed by atoms with Crippen LogP contribution in [0.4, 0.5) is 0 Å². The van der Waals surface area contributed by atoms with Crippen LogP contribution >= 0.6 is 15.9 Å². The molecule has 1 aromatic rings. The van der Waals surface area contributed by atoms with Crippen molar-refractivity contribution in [1.29, 1.82) is 0 Å². The van der Waals surface area contributed by atoms with Gasteiger partial charge < -0.3 is 14.8 Å². The van der Waals surface area contributed by atoms with Crippen LogP contribution in [0, 0.1) is 0 Å². The lowest BCUT2D eigenvalue weighted by Gasteiger charge is -2.22. The number of hydrogen-bond acceptors (Lipinski definition) is 1. The highest BCUT2D eigenvalue weighted by Gasteiger charge is 2.10. The number of aromatic nitrogens is 1. The molecule has 1 heterocycles. The average Bonchev–Trinajstić information content (AvgIpc) is 3.05. The van der Waals surface area contributed by atoms with Crippen molar-refractivity contribution in [1.82, 2.24) is 14.8 Å². The number of allylic oxidation sites excluding steroid dienone is 1. The molecule has 21 heavy (non-hydrogen) atoms. The summed E-state index contributed by atoms with van der Waals surface area (Å²) in [6.07, 6.45) is 9.44. The minimum atomic E-state index is 0.838. The molecule has 2 rings (SSSR count). The van der Waals surface area contributed by atoms with Crippen LogP contribution in [0.1, 0.15) is 31.4 Å². The van der Waals surface area contributed by atoms with Gasteiger partial charge in [-0.1, -0.05) is 11.6 Å². The third-order valence-corrected chi connectivity index (χ3v) is 4.34. The van der Waals surface area contributed by atoms with Crippen LogP contribution < -0.4 is 5.32 Å². The Morgan fingerprint density at radius 3 is 2.90 bits per heavy atom. The Hall–Kier alpha value is -1.23. The zero-order valence-corrected chi connectivity index (χ0v) is 14.8. The minimum Gasteiger partial charge on any atom is -0.356 e. The number of nitrogens with zero attached hydrogens (tertiary/aromatic N) is 3. The van der Waals surface area contributed by atoms with Crippen molar-refractivity contribution in [2.24, 2.45) is 12.0 Å². The number of halogens is 1. The second kappa shape index (κ2) is 7.69. The van der Waals surface area contributed by atoms with Gasteiger partial charge in [0.2, 0.25) is 0 Å². The summed E-state index contributed by atoms with van der Waals surface area (Å²) < 4.78 is 3.25. The summed E-state index contributed by atoms with van der Waals surface area (Å²) in [6, 6.07) is 2.15. The van der Waals surface area contributed by atoms with Crippen LogP contribution in [-0.2, 0) is 13.6 Å². The third-order valence-electron chi connectivity index (χ3n) is 3.91. The molecule has 4 nitrogen and oxygen atoms in total. The molecule has 0 radical (unpaired) electrons. The van der Waals surface area contributed by atoms with Gasteiger partial charge in [-0.3, -0.25) is 4.99 Å². The van der Waals surface area contributed by atoms with Crippen molar-refractivity contribution in [2.75, 3.05) is 20.6 Å². The van der Waals surface area contributed by atoms with Gasteiger partial charge >= 0.3 is 0 Å². The van der Waals surface area contributed by atoms with Gasteiger partial charge in [0.25, 0.3) is 0 Å². The number of guanidine groups is 1. The molecule has 0 aromatic carbocycles. The van der Waals surface area contributed by atoms with E-state index in [1.165, 1.54) is 25.0 Å². The first kappa shape index (κ1) is 16.1. The lowest BCUT2D eigenvalue weighted by atomic mass is 10.2. The largest absolute Gasteiger partial charge is 0.356 e. The lowest BCUT2D eigenvalue weighted by molar-refractivity contribution is 0.462. The normalized spacial score (nSPS) is 15.2. The Labute approximate surface area is 136 Å². The van der Waals surface area contributed by atoms with Crippen molar-refractivity contribution < 1.29 is 0 Å². The summed E-state index contributed by atoms with van der Waals surface area (Å²) in [4.78, 5) is 6.53. The van der Waals surface area contributed by atoms with E-state index < -0.39 is 0 Å². The smallest absolute Gasteiger partial charge is 0.193 e. The highest BCUT2D eigenvalue weighted by atomic mass is 79.9. The van der Waals surface area contributed by atoms with E-state index in [0.29, 0.717) is 0 Å². The van der Waals surface area contributed by atoms with Crippen LogP contribution in [0.3, 0.4) is 0 Å². The lowest BCUT2D eigenvalue weighted by Crippen LogP contribution is -2.39. The van der Waals surface area contributed by atoms with Gasteiger partial charge in [0.05, 0.1) is 6.54 Å². The zero-order valence-electron chi connectivity index (χ0n) is 13.2. The summed E-state index contributed by atoms with van der Waals surface area (Å²) in [6.45, 7) is 1.80. The van der Waals surface area contributed by atoms with Crippen LogP contribution in [0.5, 0.6) is 0 Å². The molecular weight excluding hydrogens is 328 g/mol. The summed E-state index contributed by atoms with van der Waals surface area (Å²) in [7, 11) is 5.98. The van der Waals surface area contributed by atoms with E-state index in [9.17, 15) is 0 Å². The molecule has 1 aliphatic carbocycles. The Morgan fingerprint density at radius 1 is 1.52 bits per heavy atom. The van der Waals surface area contributed by atoms with Crippen molar-refractivity contribution in [3.8, 4) is 0 Å². The molecule has 1 N–H and O–H groups in total. The van der Waals surface area contributed by atoms with Crippen LogP contribution in [0.25, 0.3) is 0 Å². The van der Waals surface area contributed by atoms with Gasteiger partial charge in [0.1, 0.15) is 0 Å². The summed E-state index contributed by atoms with van der Waals surface area (Å²) in [5.74, 6) is 0.950. The van der Waals surface area contributed by atoms with Crippen LogP contribution in [-0.4, -0.2) is 36.1 Å². The molecule has 5 heteroatoms. The maximum absolute atomic E-state index is 4.38. The molecule has 0 aliphatic heterocycles. The average molecular weight is 353 g/mol. The summed E-state index contributed by atoms with van der Waals surface area (Å²) in [5, 5.41) is 3.46. The summed E-state index contributed by atoms with van der Waals surface area (Å²) in [5.41, 5.74) is 2.85. The number of aryl methyl sites for hydroxylation is 1. The number of hydrogen-bond donors (Lipinski definition) is 1. The molecule has 0 unspecified atom stereocenters. The molecule has 0 amide bonds. The van der Waals surface area contributed by atoms with Crippen molar-refractivity contribution in [2.45, 2.75) is 32.2 Å². The minimum absolute atomic E-state index is 0.838. The molecule has 116 valence electrons. The van der Waals surface area contributed by atoms with Crippen molar-refractivity contribution in [3.05, 3.63) is 34.1 Å². The number of rotatable bonds is 5. The monoisotopic (exact) mass is 352 g/mol. The predicted octanol–water partition coefficient (Wildman–Crippen LogP) is 3.30. The molecule has 0 spiro atoms. The van der Waals surface area contributed by atoms with Gasteiger partial charge in [0.15, 0.2) is 5.96 Å². The van der Waals surface area contributed by atoms with Gasteiger partial charge in [-0.2, -0.15) is 0 Å². The standard InChI is InChI=1S/C16H25BrN4/c1-18-16(19-9-8-13-6-4-5-7-13)21(3)12-15-10-14(17)11-20(15)2/h6,10-11H,4-5,7-9,12H2,1-3H3,(H,18,19). The van der Waals surface area contributed by atoms with Gasteiger partial charge in [-0.15, -0.1) is 0 Å². The highest BCUT2D eigenvalue weighted by Crippen LogP contribution is 2.19. The van der Waals surface area contributed by atoms with Crippen molar-refractivity contribution in [3.63, 3.8) is 0 Å². The molecule has 0 saturated heterocycles. The third kappa shape index (κ3) is 4.63. The van der Waals surface area contributed by atoms with E-state index in [1.54, 1.807) is 5.57 Å². The molecular formula is C16H25BrN4. The highest BCUT2D eigenvalue weighted by molar-refractivity contribution is 9.10. The molecule has 0 saturated carbocycles. The van der Waals surface area contributed by atoms with E-state index in [2.05, 4.69) is 68.1 Å². The maximum Gasteiger partial charge on any atom is 0.193 e. The van der Waals surface area contributed by atoms with Gasteiger partial charge in [0, 0.05) is 44.1 Å². The SMILES string of the molecule is CN=C(NCCC1=CCCC1)N(C)Cc1cc(Br)cn1C. The van der Waals surface area contributed by atoms with Gasteiger partial charge in [-0.05, 0) is 47.7 Å². The fourth-order valence-corrected chi connectivity index (χ4v) is 3.30. The number of aliphatic imine (C=N–C) groups is 1. The van der Waals surface area contributed by atoms with Crippen LogP contribution in [0.2, 0.25) is 0 Å². The second-order valence-corrected chi connectivity index (χ2v) is 6.51. The van der Waals surface area contributed by atoms with Crippen LogP contribution in [0.15, 0.2) is 33.4 Å². The maximum atomic E-state index is 4.38. The Morgan fingerprint density at radius 2 is 2.33 bits per heavy atom. The van der Waals surface area contributed by atoms with E-state index in [0.717, 1.165) is 29.9 Å². The fourth-order valence-electron chi connectivity index (χ4n) is 2.73. The second-order valence-electron chi connectivity index (χ2n) is 5.60. The van der Waals surface area contributed by atoms with E-state index in [4.69, 9.17) is 0 Å². The van der Waals surface area contributed by atoms with E-state index in [-0.39, 0.29) is 0 Å². The molecule has 0 fully saturated rings. The van der Waals surface area contributed by atoms with Crippen molar-refractivity contribution >= 4 is 21.9 Å². The molecule has 1 aliphatic rings. The van der Waals surface area contributed by atoms with Gasteiger partial charge in [-0.25, -0.2) is 0 Å². The molecule has 0 bridgehead atoms. The first-order valence-corrected chi connectivity index (χ1v) is 8.30. The first-order valence-electron chi connectivity index (χ1n) is 7.50. The predicted molar refractivity (Wildman–Crippen MR) is 92.5 cm³/mol. The van der Waals surface area contributed by atoms with E-state index >= 15 is 0 Å². The first-order chi connectivity index (χ1) is 10.1. The zero-order chi connectivity index (χ0) is 15.2. The fraction of sp³-hybridized carbons (Fsp3) is 0.562. The molecule has 1 aromatic heterocycles. The molecule has 0 atom stereocenters. The summed E-state index contributed by atoms with van der Waals surface area (Å²) >= 11 is 3.52. The van der Waals surface area contributed by atoms with E-state index in [1.807, 2.05) is 7.05 Å². The number of nitrogens with one attached hydrogen (secondary N) is 1. The Kier molecular flexibility index (Phi) is 5.91. The topological polar surface area (TPSA) is 32.6 Å². The Balaban J connectivity index is 1.83. The Bertz CT molecular complexity index is 530. The quantitative estimate of drug-likeness (QED) is 0.501.